The van der Waals surface area contributed by atoms with Gasteiger partial charge in [0.05, 0.1) is 0 Å². The third-order valence-electron chi connectivity index (χ3n) is 2.62. The molecule has 1 unspecified atom stereocenters. The molecule has 1 atom stereocenters. The zero-order valence-corrected chi connectivity index (χ0v) is 8.43. The fourth-order valence-corrected chi connectivity index (χ4v) is 1.89. The number of carbonyl (C=O) groups excluding carboxylic acids is 4. The number of amides is 5. The van der Waals surface area contributed by atoms with Crippen LogP contribution in [0.1, 0.15) is 12.8 Å². The summed E-state index contributed by atoms with van der Waals surface area (Å²) in [6, 6.07) is -0.919. The second-order valence-corrected chi connectivity index (χ2v) is 3.41. The molecule has 0 aromatic rings. The Kier molecular flexibility index (Phi) is 3.11. The standard InChI is InChI=1S/C8H12N4O4/c9-5(14)8(6(15)11-4-13)2-1-3-12(8)7(10)16/h4H,1-3H2,(H2,9,14)(H2,10,16)(H,11,13,15). The van der Waals surface area contributed by atoms with Crippen LogP contribution >= 0.6 is 0 Å². The maximum absolute atomic E-state index is 11.6. The molecule has 1 aliphatic heterocycles. The van der Waals surface area contributed by atoms with Crippen molar-refractivity contribution in [1.29, 1.82) is 0 Å². The number of hydrogen-bond acceptors (Lipinski definition) is 4. The zero-order chi connectivity index (χ0) is 12.3. The van der Waals surface area contributed by atoms with E-state index in [1.54, 1.807) is 0 Å². The molecular weight excluding hydrogens is 216 g/mol. The molecule has 1 saturated heterocycles. The molecule has 1 aliphatic rings. The van der Waals surface area contributed by atoms with Crippen molar-refractivity contribution in [1.82, 2.24) is 10.2 Å². The van der Waals surface area contributed by atoms with Crippen LogP contribution in [0.2, 0.25) is 0 Å². The highest BCUT2D eigenvalue weighted by molar-refractivity contribution is 6.13. The first-order chi connectivity index (χ1) is 7.46. The minimum atomic E-state index is -1.84. The van der Waals surface area contributed by atoms with E-state index >= 15 is 0 Å². The molecule has 88 valence electrons. The topological polar surface area (TPSA) is 136 Å². The van der Waals surface area contributed by atoms with E-state index in [1.165, 1.54) is 0 Å². The third kappa shape index (κ3) is 1.58. The summed E-state index contributed by atoms with van der Waals surface area (Å²) in [5.74, 6) is -1.92. The van der Waals surface area contributed by atoms with Gasteiger partial charge in [0.15, 0.2) is 0 Å². The Morgan fingerprint density at radius 2 is 1.94 bits per heavy atom. The van der Waals surface area contributed by atoms with E-state index in [0.717, 1.165) is 4.90 Å². The van der Waals surface area contributed by atoms with Crippen LogP contribution in [0.3, 0.4) is 0 Å². The van der Waals surface area contributed by atoms with Crippen molar-refractivity contribution >= 4 is 24.3 Å². The Morgan fingerprint density at radius 3 is 2.38 bits per heavy atom. The molecule has 8 nitrogen and oxygen atoms in total. The van der Waals surface area contributed by atoms with Crippen molar-refractivity contribution in [2.24, 2.45) is 11.5 Å². The molecule has 0 saturated carbocycles. The maximum Gasteiger partial charge on any atom is 0.316 e. The van der Waals surface area contributed by atoms with Gasteiger partial charge in [0, 0.05) is 6.54 Å². The summed E-state index contributed by atoms with van der Waals surface area (Å²) in [7, 11) is 0. The summed E-state index contributed by atoms with van der Waals surface area (Å²) < 4.78 is 0. The van der Waals surface area contributed by atoms with Gasteiger partial charge in [0.2, 0.25) is 11.9 Å². The minimum absolute atomic E-state index is 0.0605. The van der Waals surface area contributed by atoms with Crippen LogP contribution in [0.25, 0.3) is 0 Å². The van der Waals surface area contributed by atoms with Crippen LogP contribution in [0.15, 0.2) is 0 Å². The molecule has 8 heteroatoms. The van der Waals surface area contributed by atoms with Crippen molar-refractivity contribution < 1.29 is 19.2 Å². The molecule has 0 aliphatic carbocycles. The van der Waals surface area contributed by atoms with E-state index < -0.39 is 23.4 Å². The van der Waals surface area contributed by atoms with Gasteiger partial charge in [-0.3, -0.25) is 19.7 Å². The van der Waals surface area contributed by atoms with Crippen molar-refractivity contribution in [2.45, 2.75) is 18.4 Å². The monoisotopic (exact) mass is 228 g/mol. The number of nitrogens with one attached hydrogen (secondary N) is 1. The highest BCUT2D eigenvalue weighted by atomic mass is 16.2. The fraction of sp³-hybridized carbons (Fsp3) is 0.500. The van der Waals surface area contributed by atoms with Gasteiger partial charge in [-0.2, -0.15) is 0 Å². The van der Waals surface area contributed by atoms with Gasteiger partial charge in [-0.05, 0) is 12.8 Å². The lowest BCUT2D eigenvalue weighted by Crippen LogP contribution is -2.65. The third-order valence-corrected chi connectivity index (χ3v) is 2.62. The Bertz CT molecular complexity index is 356. The van der Waals surface area contributed by atoms with Crippen molar-refractivity contribution in [3.8, 4) is 0 Å². The number of urea groups is 1. The molecule has 0 spiro atoms. The molecule has 16 heavy (non-hydrogen) atoms. The lowest BCUT2D eigenvalue weighted by Gasteiger charge is -2.32. The van der Waals surface area contributed by atoms with E-state index in [4.69, 9.17) is 11.5 Å². The summed E-state index contributed by atoms with van der Waals surface area (Å²) in [6.45, 7) is 0.157. The molecule has 5 amide bonds. The van der Waals surface area contributed by atoms with Crippen LogP contribution in [0, 0.1) is 0 Å². The number of primary amides is 2. The van der Waals surface area contributed by atoms with Gasteiger partial charge in [-0.15, -0.1) is 0 Å². The highest BCUT2D eigenvalue weighted by Crippen LogP contribution is 2.29. The second-order valence-electron chi connectivity index (χ2n) is 3.41. The molecule has 1 fully saturated rings. The number of rotatable bonds is 3. The summed E-state index contributed by atoms with van der Waals surface area (Å²) in [4.78, 5) is 45.2. The molecule has 0 aromatic carbocycles. The van der Waals surface area contributed by atoms with Gasteiger partial charge in [0.25, 0.3) is 11.8 Å². The van der Waals surface area contributed by atoms with E-state index in [-0.39, 0.29) is 19.4 Å². The molecule has 5 N–H and O–H groups in total. The van der Waals surface area contributed by atoms with E-state index in [0.29, 0.717) is 6.42 Å². The lowest BCUT2D eigenvalue weighted by molar-refractivity contribution is -0.141. The number of carbonyl (C=O) groups is 4. The van der Waals surface area contributed by atoms with E-state index in [9.17, 15) is 19.2 Å². The fourth-order valence-electron chi connectivity index (χ4n) is 1.89. The van der Waals surface area contributed by atoms with Crippen LogP contribution in [0.5, 0.6) is 0 Å². The normalized spacial score (nSPS) is 23.9. The minimum Gasteiger partial charge on any atom is -0.367 e. The Morgan fingerprint density at radius 1 is 1.31 bits per heavy atom. The molecule has 1 heterocycles. The van der Waals surface area contributed by atoms with Gasteiger partial charge in [-0.1, -0.05) is 0 Å². The molecule has 0 bridgehead atoms. The average molecular weight is 228 g/mol. The van der Waals surface area contributed by atoms with Crippen LogP contribution < -0.4 is 16.8 Å². The van der Waals surface area contributed by atoms with Crippen LogP contribution in [0.4, 0.5) is 4.79 Å². The SMILES string of the molecule is NC(=O)N1CCCC1(C(N)=O)C(=O)NC=O. The molecule has 1 rings (SSSR count). The first kappa shape index (κ1) is 12.0. The van der Waals surface area contributed by atoms with Gasteiger partial charge in [0.1, 0.15) is 0 Å². The average Bonchev–Trinajstić information content (AvgIpc) is 2.62. The van der Waals surface area contributed by atoms with Gasteiger partial charge in [-0.25, -0.2) is 4.79 Å². The first-order valence-corrected chi connectivity index (χ1v) is 4.58. The van der Waals surface area contributed by atoms with Crippen molar-refractivity contribution in [2.75, 3.05) is 6.54 Å². The van der Waals surface area contributed by atoms with E-state index in [2.05, 4.69) is 0 Å². The number of nitrogens with zero attached hydrogens (tertiary/aromatic N) is 1. The highest BCUT2D eigenvalue weighted by Gasteiger charge is 2.54. The molecular formula is C8H12N4O4. The second kappa shape index (κ2) is 4.17. The summed E-state index contributed by atoms with van der Waals surface area (Å²) in [5.41, 5.74) is 8.34. The van der Waals surface area contributed by atoms with E-state index in [1.807, 2.05) is 5.32 Å². The quantitative estimate of drug-likeness (QED) is 0.368. The first-order valence-electron chi connectivity index (χ1n) is 4.58. The van der Waals surface area contributed by atoms with Crippen molar-refractivity contribution in [3.05, 3.63) is 0 Å². The van der Waals surface area contributed by atoms with Gasteiger partial charge >= 0.3 is 6.03 Å². The number of nitrogens with two attached hydrogens (primary N) is 2. The number of imide groups is 1. The van der Waals surface area contributed by atoms with Gasteiger partial charge < -0.3 is 16.4 Å². The summed E-state index contributed by atoms with van der Waals surface area (Å²) in [6.07, 6.45) is 0.605. The predicted octanol–water partition coefficient (Wildman–Crippen LogP) is -2.34. The zero-order valence-electron chi connectivity index (χ0n) is 8.43. The van der Waals surface area contributed by atoms with Crippen LogP contribution in [-0.2, 0) is 14.4 Å². The number of likely N-dealkylation sites (tertiary alicyclic amines) is 1. The Labute approximate surface area is 90.9 Å². The van der Waals surface area contributed by atoms with Crippen LogP contribution in [-0.4, -0.2) is 41.2 Å². The Hall–Kier alpha value is -2.12. The summed E-state index contributed by atoms with van der Waals surface area (Å²) in [5, 5.41) is 1.82. The largest absolute Gasteiger partial charge is 0.367 e. The predicted molar refractivity (Wildman–Crippen MR) is 51.7 cm³/mol. The summed E-state index contributed by atoms with van der Waals surface area (Å²) >= 11 is 0. The van der Waals surface area contributed by atoms with Crippen molar-refractivity contribution in [3.63, 3.8) is 0 Å². The molecule has 0 radical (unpaired) electrons. The number of hydrogen-bond donors (Lipinski definition) is 3. The lowest BCUT2D eigenvalue weighted by atomic mass is 9.94. The Balaban J connectivity index is 3.14. The molecule has 0 aromatic heterocycles. The smallest absolute Gasteiger partial charge is 0.316 e. The maximum atomic E-state index is 11.6.